The molecule has 0 saturated carbocycles. The van der Waals surface area contributed by atoms with Crippen molar-refractivity contribution in [2.75, 3.05) is 0 Å². The maximum atomic E-state index is 13.0. The molecule has 12 nitrogen and oxygen atoms in total. The summed E-state index contributed by atoms with van der Waals surface area (Å²) in [5, 5.41) is 38.3. The largest absolute Gasteiger partial charge is 0.354 e. The van der Waals surface area contributed by atoms with Crippen LogP contribution in [0.2, 0.25) is 5.28 Å². The minimum atomic E-state index is -0.238. The highest BCUT2D eigenvalue weighted by Crippen LogP contribution is 2.50. The SMILES string of the molecule is Clc1nc(-c2ccccc2)c2ccccc2n1.O=[N+]([O-])c1c(-c2cccc3[nH]c4ccccc4c23)c2ccccc2c2ccccc12.O=[N+]([O-])c1c(-c2cccc3c2c2ccccc2n3-c2nc(-c3ccccc3)c3ccccc3n2)c2ccccc2c2ccccc12. The van der Waals surface area contributed by atoms with Crippen LogP contribution in [-0.2, 0) is 0 Å². The molecule has 13 heteroatoms. The van der Waals surface area contributed by atoms with Gasteiger partial charge in [-0.2, -0.15) is 0 Å². The summed E-state index contributed by atoms with van der Waals surface area (Å²) in [7, 11) is 0. The molecule has 0 spiro atoms. The van der Waals surface area contributed by atoms with Crippen molar-refractivity contribution in [1.29, 1.82) is 0 Å². The van der Waals surface area contributed by atoms with E-state index in [0.717, 1.165) is 131 Å². The van der Waals surface area contributed by atoms with E-state index in [4.69, 9.17) is 21.6 Å². The number of nitro benzene ring substituents is 2. The third-order valence-corrected chi connectivity index (χ3v) is 17.6. The van der Waals surface area contributed by atoms with Crippen LogP contribution in [-0.4, -0.2) is 39.3 Å². The molecular formula is C80H49ClN8O4. The Balaban J connectivity index is 0.000000124. The Labute approximate surface area is 535 Å². The van der Waals surface area contributed by atoms with Gasteiger partial charge in [-0.3, -0.25) is 24.8 Å². The van der Waals surface area contributed by atoms with Crippen LogP contribution in [0.15, 0.2) is 291 Å². The number of nitro groups is 2. The van der Waals surface area contributed by atoms with Crippen molar-refractivity contribution >= 4 is 131 Å². The van der Waals surface area contributed by atoms with Crippen molar-refractivity contribution in [3.63, 3.8) is 0 Å². The van der Waals surface area contributed by atoms with Crippen LogP contribution in [0.5, 0.6) is 0 Å². The first-order valence-corrected chi connectivity index (χ1v) is 30.6. The molecule has 18 aromatic rings. The van der Waals surface area contributed by atoms with Gasteiger partial charge in [0.1, 0.15) is 0 Å². The predicted octanol–water partition coefficient (Wildman–Crippen LogP) is 21.4. The highest BCUT2D eigenvalue weighted by molar-refractivity contribution is 6.29. The first-order chi connectivity index (χ1) is 45.8. The molecule has 1 N–H and O–H groups in total. The molecular weight excluding hydrogens is 1170 g/mol. The Bertz CT molecular complexity index is 6050. The van der Waals surface area contributed by atoms with Gasteiger partial charge >= 0.3 is 0 Å². The van der Waals surface area contributed by atoms with Gasteiger partial charge in [-0.1, -0.05) is 243 Å². The van der Waals surface area contributed by atoms with E-state index in [1.165, 1.54) is 0 Å². The number of para-hydroxylation sites is 4. The fraction of sp³-hybridized carbons (Fsp3) is 0. The second kappa shape index (κ2) is 23.1. The maximum absolute atomic E-state index is 13.0. The van der Waals surface area contributed by atoms with Gasteiger partial charge in [0.2, 0.25) is 11.2 Å². The Morgan fingerprint density at radius 1 is 0.323 bits per heavy atom. The third-order valence-electron chi connectivity index (χ3n) is 17.4. The number of halogens is 1. The van der Waals surface area contributed by atoms with E-state index in [-0.39, 0.29) is 26.5 Å². The van der Waals surface area contributed by atoms with Crippen LogP contribution in [0.25, 0.3) is 159 Å². The van der Waals surface area contributed by atoms with Crippen LogP contribution in [0, 0.1) is 20.2 Å². The van der Waals surface area contributed by atoms with Crippen LogP contribution < -0.4 is 0 Å². The number of hydrogen-bond acceptors (Lipinski definition) is 8. The lowest BCUT2D eigenvalue weighted by Gasteiger charge is -2.14. The average molecular weight is 1220 g/mol. The normalized spacial score (nSPS) is 11.5. The highest BCUT2D eigenvalue weighted by atomic mass is 35.5. The van der Waals surface area contributed by atoms with Gasteiger partial charge in [0, 0.05) is 54.5 Å². The summed E-state index contributed by atoms with van der Waals surface area (Å²) in [5.74, 6) is 0.541. The van der Waals surface area contributed by atoms with Gasteiger partial charge < -0.3 is 4.98 Å². The summed E-state index contributed by atoms with van der Waals surface area (Å²) in [6.07, 6.45) is 0. The zero-order valence-corrected chi connectivity index (χ0v) is 50.1. The van der Waals surface area contributed by atoms with Gasteiger partial charge in [-0.15, -0.1) is 0 Å². The number of H-pyrrole nitrogens is 1. The molecule has 4 aromatic heterocycles. The Kier molecular flexibility index (Phi) is 13.9. The zero-order chi connectivity index (χ0) is 62.7. The van der Waals surface area contributed by atoms with Gasteiger partial charge in [0.05, 0.1) is 65.2 Å². The molecule has 0 aliphatic rings. The van der Waals surface area contributed by atoms with Gasteiger partial charge in [0.25, 0.3) is 11.4 Å². The van der Waals surface area contributed by atoms with Crippen molar-refractivity contribution in [3.05, 3.63) is 317 Å². The third kappa shape index (κ3) is 9.56. The van der Waals surface area contributed by atoms with Crippen molar-refractivity contribution in [3.8, 4) is 50.7 Å². The molecule has 0 atom stereocenters. The number of hydrogen-bond donors (Lipinski definition) is 1. The standard InChI is InChI=1S/C40H24N4O2.C26H16N2O2.C14H9ClN2/c45-44(46)39-29-18-7-5-16-27(29)26-15-4-6-17-28(26)37(39)32-21-12-24-35-36(32)31-20-9-11-23-34(31)43(35)40-41-33-22-10-8-19-30(33)38(42-40)25-13-2-1-3-14-25;29-28(30)26-19-11-4-2-9-17(19)16-8-1-3-10-18(16)25(26)21-13-7-15-23-24(21)20-12-5-6-14-22(20)27-23;15-14-16-12-9-5-4-8-11(12)13(17-14)10-6-2-1-3-7-10/h1-24H;1-15,27H;1-9H. The minimum Gasteiger partial charge on any atom is -0.354 e. The molecule has 0 unspecified atom stereocenters. The van der Waals surface area contributed by atoms with E-state index in [1.54, 1.807) is 0 Å². The van der Waals surface area contributed by atoms with Crippen molar-refractivity contribution < 1.29 is 9.85 Å². The smallest absolute Gasteiger partial charge is 0.285 e. The Morgan fingerprint density at radius 3 is 1.26 bits per heavy atom. The zero-order valence-electron chi connectivity index (χ0n) is 49.4. The number of rotatable bonds is 7. The molecule has 14 aromatic carbocycles. The second-order valence-corrected chi connectivity index (χ2v) is 22.9. The van der Waals surface area contributed by atoms with E-state index >= 15 is 0 Å². The van der Waals surface area contributed by atoms with E-state index in [2.05, 4.69) is 62.0 Å². The summed E-state index contributed by atoms with van der Waals surface area (Å²) in [4.78, 5) is 47.1. The highest BCUT2D eigenvalue weighted by Gasteiger charge is 2.29. The number of aromatic nitrogens is 6. The van der Waals surface area contributed by atoms with E-state index in [9.17, 15) is 20.2 Å². The summed E-state index contributed by atoms with van der Waals surface area (Å²) in [6, 6.07) is 95.4. The van der Waals surface area contributed by atoms with Crippen molar-refractivity contribution in [2.24, 2.45) is 0 Å². The molecule has 4 heterocycles. The first-order valence-electron chi connectivity index (χ1n) is 30.3. The minimum absolute atomic E-state index is 0.104. The van der Waals surface area contributed by atoms with E-state index in [1.807, 2.05) is 249 Å². The van der Waals surface area contributed by atoms with Gasteiger partial charge in [-0.25, -0.2) is 19.9 Å². The van der Waals surface area contributed by atoms with Gasteiger partial charge in [-0.05, 0) is 104 Å². The summed E-state index contributed by atoms with van der Waals surface area (Å²) in [6.45, 7) is 0. The van der Waals surface area contributed by atoms with E-state index in [0.29, 0.717) is 27.8 Å². The average Bonchev–Trinajstić information content (AvgIpc) is 1.68. The number of nitrogens with zero attached hydrogens (tertiary/aromatic N) is 7. The number of aromatic amines is 1. The maximum Gasteiger partial charge on any atom is 0.285 e. The Morgan fingerprint density at radius 2 is 0.710 bits per heavy atom. The molecule has 0 radical (unpaired) electrons. The van der Waals surface area contributed by atoms with Crippen LogP contribution in [0.1, 0.15) is 0 Å². The molecule has 18 rings (SSSR count). The lowest BCUT2D eigenvalue weighted by Crippen LogP contribution is -2.03. The van der Waals surface area contributed by atoms with Crippen LogP contribution in [0.4, 0.5) is 11.4 Å². The number of fused-ring (bicyclic) bond motifs is 14. The molecule has 0 bridgehead atoms. The molecule has 0 amide bonds. The van der Waals surface area contributed by atoms with Crippen molar-refractivity contribution in [2.45, 2.75) is 0 Å². The summed E-state index contributed by atoms with van der Waals surface area (Å²) in [5.41, 5.74) is 12.5. The van der Waals surface area contributed by atoms with Crippen LogP contribution in [0.3, 0.4) is 0 Å². The lowest BCUT2D eigenvalue weighted by atomic mass is 9.89. The van der Waals surface area contributed by atoms with Gasteiger partial charge in [0.15, 0.2) is 0 Å². The molecule has 0 saturated heterocycles. The van der Waals surface area contributed by atoms with E-state index < -0.39 is 0 Å². The lowest BCUT2D eigenvalue weighted by molar-refractivity contribution is -0.382. The summed E-state index contributed by atoms with van der Waals surface area (Å²) >= 11 is 5.95. The topological polar surface area (TPSA) is 159 Å². The first kappa shape index (κ1) is 55.8. The summed E-state index contributed by atoms with van der Waals surface area (Å²) < 4.78 is 2.09. The van der Waals surface area contributed by atoms with Crippen molar-refractivity contribution in [1.82, 2.24) is 29.5 Å². The molecule has 0 aliphatic heterocycles. The fourth-order valence-electron chi connectivity index (χ4n) is 13.6. The fourth-order valence-corrected chi connectivity index (χ4v) is 13.7. The number of benzene rings is 14. The second-order valence-electron chi connectivity index (χ2n) is 22.6. The van der Waals surface area contributed by atoms with Crippen LogP contribution >= 0.6 is 11.6 Å². The molecule has 93 heavy (non-hydrogen) atoms. The molecule has 0 fully saturated rings. The Hall–Kier alpha value is -12.5. The molecule has 440 valence electrons. The predicted molar refractivity (Wildman–Crippen MR) is 379 cm³/mol. The number of nitrogens with one attached hydrogen (secondary N) is 1. The molecule has 0 aliphatic carbocycles. The monoisotopic (exact) mass is 1220 g/mol. The quantitative estimate of drug-likeness (QED) is 0.0715.